The van der Waals surface area contributed by atoms with Gasteiger partial charge < -0.3 is 14.6 Å². The molecule has 0 unspecified atom stereocenters. The number of halogens is 2. The van der Waals surface area contributed by atoms with Gasteiger partial charge >= 0.3 is 5.97 Å². The first kappa shape index (κ1) is 19.4. The molecule has 3 aromatic rings. The molecular weight excluding hydrogens is 366 g/mol. The summed E-state index contributed by atoms with van der Waals surface area (Å²) < 4.78 is 39.4. The summed E-state index contributed by atoms with van der Waals surface area (Å²) in [5.74, 6) is -1.45. The van der Waals surface area contributed by atoms with E-state index in [4.69, 9.17) is 14.6 Å². The predicted octanol–water partition coefficient (Wildman–Crippen LogP) is 5.35. The van der Waals surface area contributed by atoms with Crippen LogP contribution in [0, 0.1) is 11.6 Å². The van der Waals surface area contributed by atoms with Gasteiger partial charge in [-0.1, -0.05) is 30.3 Å². The van der Waals surface area contributed by atoms with E-state index in [1.54, 1.807) is 24.3 Å². The van der Waals surface area contributed by atoms with Crippen molar-refractivity contribution >= 4 is 5.97 Å². The monoisotopic (exact) mass is 384 g/mol. The molecule has 6 heteroatoms. The molecular formula is C22H18F2O4. The summed E-state index contributed by atoms with van der Waals surface area (Å²) >= 11 is 0. The summed E-state index contributed by atoms with van der Waals surface area (Å²) in [6.07, 6.45) is -0.359. The summed E-state index contributed by atoms with van der Waals surface area (Å²) in [5, 5.41) is 8.66. The highest BCUT2D eigenvalue weighted by Gasteiger charge is 2.13. The van der Waals surface area contributed by atoms with E-state index in [-0.39, 0.29) is 30.8 Å². The number of hydrogen-bond acceptors (Lipinski definition) is 3. The molecule has 0 radical (unpaired) electrons. The molecule has 0 aliphatic carbocycles. The molecule has 3 aromatic carbocycles. The number of benzene rings is 3. The van der Waals surface area contributed by atoms with Crippen LogP contribution in [0.5, 0.6) is 17.2 Å². The lowest BCUT2D eigenvalue weighted by Crippen LogP contribution is -2.03. The van der Waals surface area contributed by atoms with E-state index in [9.17, 15) is 13.6 Å². The lowest BCUT2D eigenvalue weighted by Gasteiger charge is -2.11. The molecule has 0 aliphatic heterocycles. The van der Waals surface area contributed by atoms with Crippen molar-refractivity contribution in [3.8, 4) is 17.2 Å². The molecule has 0 amide bonds. The molecule has 0 aromatic heterocycles. The Labute approximate surface area is 161 Å². The fourth-order valence-electron chi connectivity index (χ4n) is 2.60. The second-order valence-electron chi connectivity index (χ2n) is 6.12. The quantitative estimate of drug-likeness (QED) is 0.569. The standard InChI is InChI=1S/C22H18F2O4/c23-19-13-21(20(24)12-16(19)9-10-22(25)26)27-14-15-5-4-8-18(11-15)28-17-6-2-1-3-7-17/h1-8,11-13H,9-10,14H2,(H,25,26). The summed E-state index contributed by atoms with van der Waals surface area (Å²) in [6, 6.07) is 18.3. The van der Waals surface area contributed by atoms with E-state index < -0.39 is 17.6 Å². The van der Waals surface area contributed by atoms with Crippen molar-refractivity contribution in [1.82, 2.24) is 0 Å². The van der Waals surface area contributed by atoms with Gasteiger partial charge in [-0.25, -0.2) is 8.78 Å². The number of hydrogen-bond donors (Lipinski definition) is 1. The maximum atomic E-state index is 14.2. The molecule has 0 fully saturated rings. The molecule has 0 spiro atoms. The average Bonchev–Trinajstić information content (AvgIpc) is 2.68. The first-order valence-corrected chi connectivity index (χ1v) is 8.65. The Kier molecular flexibility index (Phi) is 6.22. The fraction of sp³-hybridized carbons (Fsp3) is 0.136. The van der Waals surface area contributed by atoms with Gasteiger partial charge in [0.2, 0.25) is 0 Å². The van der Waals surface area contributed by atoms with Crippen molar-refractivity contribution in [3.05, 3.63) is 89.5 Å². The lowest BCUT2D eigenvalue weighted by molar-refractivity contribution is -0.136. The van der Waals surface area contributed by atoms with Crippen molar-refractivity contribution in [3.63, 3.8) is 0 Å². The number of carboxylic acids is 1. The van der Waals surface area contributed by atoms with E-state index in [0.29, 0.717) is 11.5 Å². The van der Waals surface area contributed by atoms with Crippen LogP contribution in [0.3, 0.4) is 0 Å². The second-order valence-corrected chi connectivity index (χ2v) is 6.12. The molecule has 0 saturated carbocycles. The molecule has 0 saturated heterocycles. The Bertz CT molecular complexity index is 958. The number of aliphatic carboxylic acids is 1. The first-order chi connectivity index (χ1) is 13.5. The summed E-state index contributed by atoms with van der Waals surface area (Å²) in [7, 11) is 0. The minimum absolute atomic E-state index is 0.00510. The van der Waals surface area contributed by atoms with Crippen LogP contribution in [-0.4, -0.2) is 11.1 Å². The number of ether oxygens (including phenoxy) is 2. The Morgan fingerprint density at radius 2 is 1.64 bits per heavy atom. The molecule has 0 atom stereocenters. The van der Waals surface area contributed by atoms with E-state index in [2.05, 4.69) is 0 Å². The zero-order valence-electron chi connectivity index (χ0n) is 14.9. The zero-order chi connectivity index (χ0) is 19.9. The molecule has 0 bridgehead atoms. The maximum absolute atomic E-state index is 14.2. The molecule has 0 aliphatic rings. The van der Waals surface area contributed by atoms with Gasteiger partial charge in [-0.3, -0.25) is 4.79 Å². The van der Waals surface area contributed by atoms with Crippen LogP contribution in [0.15, 0.2) is 66.7 Å². The van der Waals surface area contributed by atoms with Crippen LogP contribution < -0.4 is 9.47 Å². The smallest absolute Gasteiger partial charge is 0.303 e. The minimum atomic E-state index is -1.07. The first-order valence-electron chi connectivity index (χ1n) is 8.65. The van der Waals surface area contributed by atoms with E-state index in [0.717, 1.165) is 17.7 Å². The molecule has 0 heterocycles. The van der Waals surface area contributed by atoms with E-state index in [1.807, 2.05) is 30.3 Å². The van der Waals surface area contributed by atoms with Gasteiger partial charge in [0.15, 0.2) is 11.6 Å². The second kappa shape index (κ2) is 8.99. The predicted molar refractivity (Wildman–Crippen MR) is 99.6 cm³/mol. The lowest BCUT2D eigenvalue weighted by atomic mass is 10.1. The van der Waals surface area contributed by atoms with Crippen LogP contribution in [0.25, 0.3) is 0 Å². The molecule has 1 N–H and O–H groups in total. The third-order valence-corrected chi connectivity index (χ3v) is 3.98. The van der Waals surface area contributed by atoms with Crippen LogP contribution in [0.4, 0.5) is 8.78 Å². The van der Waals surface area contributed by atoms with Crippen LogP contribution in [0.1, 0.15) is 17.5 Å². The van der Waals surface area contributed by atoms with Crippen molar-refractivity contribution < 1.29 is 28.2 Å². The highest BCUT2D eigenvalue weighted by molar-refractivity contribution is 5.67. The van der Waals surface area contributed by atoms with Gasteiger partial charge in [-0.2, -0.15) is 0 Å². The van der Waals surface area contributed by atoms with E-state index in [1.165, 1.54) is 0 Å². The summed E-state index contributed by atoms with van der Waals surface area (Å²) in [4.78, 5) is 10.6. The van der Waals surface area contributed by atoms with Crippen molar-refractivity contribution in [1.29, 1.82) is 0 Å². The Morgan fingerprint density at radius 1 is 0.893 bits per heavy atom. The van der Waals surface area contributed by atoms with Crippen LogP contribution in [0.2, 0.25) is 0 Å². The van der Waals surface area contributed by atoms with Gasteiger partial charge in [0, 0.05) is 12.5 Å². The average molecular weight is 384 g/mol. The van der Waals surface area contributed by atoms with Gasteiger partial charge in [-0.15, -0.1) is 0 Å². The third kappa shape index (κ3) is 5.30. The number of rotatable bonds is 8. The van der Waals surface area contributed by atoms with Crippen LogP contribution in [-0.2, 0) is 17.8 Å². The SMILES string of the molecule is O=C(O)CCc1cc(F)c(OCc2cccc(Oc3ccccc3)c2)cc1F. The van der Waals surface area contributed by atoms with Gasteiger partial charge in [-0.05, 0) is 47.9 Å². The highest BCUT2D eigenvalue weighted by Crippen LogP contribution is 2.25. The van der Waals surface area contributed by atoms with Gasteiger partial charge in [0.1, 0.15) is 23.9 Å². The molecule has 144 valence electrons. The summed E-state index contributed by atoms with van der Waals surface area (Å²) in [5.41, 5.74) is 0.730. The number of aryl methyl sites for hydroxylation is 1. The Morgan fingerprint density at radius 3 is 2.39 bits per heavy atom. The van der Waals surface area contributed by atoms with Gasteiger partial charge in [0.25, 0.3) is 0 Å². The molecule has 3 rings (SSSR count). The Balaban J connectivity index is 1.66. The maximum Gasteiger partial charge on any atom is 0.303 e. The summed E-state index contributed by atoms with van der Waals surface area (Å²) in [6.45, 7) is 0.0246. The highest BCUT2D eigenvalue weighted by atomic mass is 19.1. The normalized spacial score (nSPS) is 10.5. The largest absolute Gasteiger partial charge is 0.486 e. The van der Waals surface area contributed by atoms with E-state index >= 15 is 0 Å². The van der Waals surface area contributed by atoms with Crippen molar-refractivity contribution in [2.45, 2.75) is 19.4 Å². The Hall–Kier alpha value is -3.41. The topological polar surface area (TPSA) is 55.8 Å². The van der Waals surface area contributed by atoms with Gasteiger partial charge in [0.05, 0.1) is 0 Å². The number of carbonyl (C=O) groups is 1. The molecule has 28 heavy (non-hydrogen) atoms. The van der Waals surface area contributed by atoms with Crippen molar-refractivity contribution in [2.75, 3.05) is 0 Å². The zero-order valence-corrected chi connectivity index (χ0v) is 14.9. The number of carboxylic acid groups (broad SMARTS) is 1. The third-order valence-electron chi connectivity index (χ3n) is 3.98. The van der Waals surface area contributed by atoms with Crippen molar-refractivity contribution in [2.24, 2.45) is 0 Å². The van der Waals surface area contributed by atoms with Crippen LogP contribution >= 0.6 is 0 Å². The fourth-order valence-corrected chi connectivity index (χ4v) is 2.60. The number of para-hydroxylation sites is 1. The minimum Gasteiger partial charge on any atom is -0.486 e. The molecule has 4 nitrogen and oxygen atoms in total.